The normalized spacial score (nSPS) is 13.7. The first-order chi connectivity index (χ1) is 8.62. The Morgan fingerprint density at radius 3 is 2.61 bits per heavy atom. The van der Waals surface area contributed by atoms with Crippen molar-refractivity contribution in [3.63, 3.8) is 0 Å². The zero-order chi connectivity index (χ0) is 13.5. The molecule has 1 heterocycles. The van der Waals surface area contributed by atoms with E-state index in [1.165, 1.54) is 0 Å². The Morgan fingerprint density at radius 2 is 2.17 bits per heavy atom. The number of hydrogen-bond acceptors (Lipinski definition) is 4. The van der Waals surface area contributed by atoms with Gasteiger partial charge in [0.1, 0.15) is 0 Å². The van der Waals surface area contributed by atoms with Gasteiger partial charge in [-0.05, 0) is 32.4 Å². The molecule has 0 saturated heterocycles. The van der Waals surface area contributed by atoms with Crippen molar-refractivity contribution in [2.24, 2.45) is 11.7 Å². The number of pyridine rings is 1. The van der Waals surface area contributed by atoms with Gasteiger partial charge in [0.05, 0.1) is 29.6 Å². The van der Waals surface area contributed by atoms with Crippen LogP contribution in [-0.4, -0.2) is 18.1 Å². The third-order valence-electron chi connectivity index (χ3n) is 3.05. The van der Waals surface area contributed by atoms with Gasteiger partial charge in [-0.3, -0.25) is 4.98 Å². The molecular formula is C14H22N4. The maximum absolute atomic E-state index is 8.87. The summed E-state index contributed by atoms with van der Waals surface area (Å²) in [6.45, 7) is 7.65. The van der Waals surface area contributed by atoms with Crippen molar-refractivity contribution < 1.29 is 0 Å². The Morgan fingerprint density at radius 1 is 1.44 bits per heavy atom. The first kappa shape index (κ1) is 14.5. The Kier molecular flexibility index (Phi) is 5.60. The molecule has 0 amide bonds. The average molecular weight is 246 g/mol. The van der Waals surface area contributed by atoms with E-state index in [4.69, 9.17) is 11.0 Å². The van der Waals surface area contributed by atoms with Gasteiger partial charge in [0.2, 0.25) is 0 Å². The van der Waals surface area contributed by atoms with E-state index in [2.05, 4.69) is 22.9 Å². The lowest BCUT2D eigenvalue weighted by molar-refractivity contribution is 0.668. The molecule has 98 valence electrons. The largest absolute Gasteiger partial charge is 0.369 e. The maximum Gasteiger partial charge on any atom is 0.0671 e. The Balaban J connectivity index is 2.79. The van der Waals surface area contributed by atoms with E-state index in [0.717, 1.165) is 30.9 Å². The molecule has 4 heteroatoms. The molecule has 0 bridgehead atoms. The van der Waals surface area contributed by atoms with Crippen LogP contribution in [0.4, 0.5) is 5.69 Å². The van der Waals surface area contributed by atoms with Crippen molar-refractivity contribution in [3.8, 4) is 6.07 Å². The SMILES string of the molecule is CC[C@H](N)c1ccc(N(CC)CC(C)C#N)cn1. The molecule has 18 heavy (non-hydrogen) atoms. The van der Waals surface area contributed by atoms with Crippen LogP contribution in [0.2, 0.25) is 0 Å². The summed E-state index contributed by atoms with van der Waals surface area (Å²) in [6, 6.07) is 6.27. The maximum atomic E-state index is 8.87. The van der Waals surface area contributed by atoms with Crippen molar-refractivity contribution in [1.82, 2.24) is 4.98 Å². The number of rotatable bonds is 6. The van der Waals surface area contributed by atoms with Crippen LogP contribution in [0.1, 0.15) is 38.9 Å². The van der Waals surface area contributed by atoms with Crippen LogP contribution in [-0.2, 0) is 0 Å². The molecule has 1 rings (SSSR count). The highest BCUT2D eigenvalue weighted by molar-refractivity contribution is 5.44. The summed E-state index contributed by atoms with van der Waals surface area (Å²) in [5.41, 5.74) is 7.91. The number of aromatic nitrogens is 1. The molecule has 1 aromatic rings. The highest BCUT2D eigenvalue weighted by atomic mass is 15.1. The molecule has 0 spiro atoms. The van der Waals surface area contributed by atoms with Crippen LogP contribution < -0.4 is 10.6 Å². The summed E-state index contributed by atoms with van der Waals surface area (Å²) in [4.78, 5) is 6.56. The molecular weight excluding hydrogens is 224 g/mol. The second kappa shape index (κ2) is 6.97. The second-order valence-corrected chi connectivity index (χ2v) is 4.52. The fourth-order valence-electron chi connectivity index (χ4n) is 1.80. The first-order valence-corrected chi connectivity index (χ1v) is 6.48. The van der Waals surface area contributed by atoms with Crippen LogP contribution in [0.15, 0.2) is 18.3 Å². The summed E-state index contributed by atoms with van der Waals surface area (Å²) in [7, 11) is 0. The minimum atomic E-state index is 0.00663. The Hall–Kier alpha value is -1.60. The lowest BCUT2D eigenvalue weighted by atomic mass is 10.1. The first-order valence-electron chi connectivity index (χ1n) is 6.48. The van der Waals surface area contributed by atoms with E-state index in [-0.39, 0.29) is 12.0 Å². The quantitative estimate of drug-likeness (QED) is 0.837. The van der Waals surface area contributed by atoms with E-state index < -0.39 is 0 Å². The molecule has 2 N–H and O–H groups in total. The molecule has 1 unspecified atom stereocenters. The molecule has 0 fully saturated rings. The molecule has 0 aliphatic rings. The summed E-state index contributed by atoms with van der Waals surface area (Å²) in [5.74, 6) is 0.0162. The van der Waals surface area contributed by atoms with Crippen molar-refractivity contribution in [2.75, 3.05) is 18.0 Å². The molecule has 0 saturated carbocycles. The van der Waals surface area contributed by atoms with E-state index in [1.807, 2.05) is 32.2 Å². The average Bonchev–Trinajstić information content (AvgIpc) is 2.43. The number of nitrogens with zero attached hydrogens (tertiary/aromatic N) is 3. The third kappa shape index (κ3) is 3.71. The number of anilines is 1. The van der Waals surface area contributed by atoms with Gasteiger partial charge in [-0.2, -0.15) is 5.26 Å². The summed E-state index contributed by atoms with van der Waals surface area (Å²) < 4.78 is 0. The molecule has 0 aromatic carbocycles. The monoisotopic (exact) mass is 246 g/mol. The minimum absolute atomic E-state index is 0.00663. The second-order valence-electron chi connectivity index (χ2n) is 4.52. The highest BCUT2D eigenvalue weighted by Gasteiger charge is 2.10. The highest BCUT2D eigenvalue weighted by Crippen LogP contribution is 2.17. The van der Waals surface area contributed by atoms with Gasteiger partial charge in [-0.1, -0.05) is 6.92 Å². The molecule has 0 aliphatic heterocycles. The summed E-state index contributed by atoms with van der Waals surface area (Å²) in [5, 5.41) is 8.87. The van der Waals surface area contributed by atoms with Gasteiger partial charge in [0.15, 0.2) is 0 Å². The van der Waals surface area contributed by atoms with E-state index in [1.54, 1.807) is 0 Å². The topological polar surface area (TPSA) is 65.9 Å². The van der Waals surface area contributed by atoms with Crippen molar-refractivity contribution in [2.45, 2.75) is 33.2 Å². The van der Waals surface area contributed by atoms with Crippen molar-refractivity contribution in [1.29, 1.82) is 5.26 Å². The number of nitriles is 1. The number of nitrogens with two attached hydrogens (primary N) is 1. The molecule has 2 atom stereocenters. The van der Waals surface area contributed by atoms with Crippen molar-refractivity contribution >= 4 is 5.69 Å². The Bertz CT molecular complexity index is 393. The van der Waals surface area contributed by atoms with Gasteiger partial charge in [0.25, 0.3) is 0 Å². The fraction of sp³-hybridized carbons (Fsp3) is 0.571. The van der Waals surface area contributed by atoms with Crippen LogP contribution in [0.3, 0.4) is 0 Å². The predicted octanol–water partition coefficient (Wildman–Crippen LogP) is 2.48. The van der Waals surface area contributed by atoms with Gasteiger partial charge in [0, 0.05) is 19.1 Å². The molecule has 4 nitrogen and oxygen atoms in total. The van der Waals surface area contributed by atoms with Crippen LogP contribution in [0.25, 0.3) is 0 Å². The van der Waals surface area contributed by atoms with Crippen molar-refractivity contribution in [3.05, 3.63) is 24.0 Å². The van der Waals surface area contributed by atoms with Crippen LogP contribution in [0.5, 0.6) is 0 Å². The molecule has 1 aromatic heterocycles. The van der Waals surface area contributed by atoms with Crippen LogP contribution in [0, 0.1) is 17.2 Å². The standard InChI is InChI=1S/C14H22N4/c1-4-13(16)14-7-6-12(9-17-14)18(5-2)10-11(3)8-15/h6-7,9,11,13H,4-5,10,16H2,1-3H3/t11?,13-/m0/s1. The van der Waals surface area contributed by atoms with E-state index in [9.17, 15) is 0 Å². The predicted molar refractivity (Wildman–Crippen MR) is 74.1 cm³/mol. The minimum Gasteiger partial charge on any atom is -0.369 e. The van der Waals surface area contributed by atoms with Crippen LogP contribution >= 0.6 is 0 Å². The summed E-state index contributed by atoms with van der Waals surface area (Å²) in [6.07, 6.45) is 2.73. The molecule has 0 radical (unpaired) electrons. The van der Waals surface area contributed by atoms with Gasteiger partial charge in [-0.15, -0.1) is 0 Å². The van der Waals surface area contributed by atoms with E-state index in [0.29, 0.717) is 0 Å². The third-order valence-corrected chi connectivity index (χ3v) is 3.05. The zero-order valence-electron chi connectivity index (χ0n) is 11.4. The van der Waals surface area contributed by atoms with Gasteiger partial charge in [-0.25, -0.2) is 0 Å². The zero-order valence-corrected chi connectivity index (χ0v) is 11.4. The molecule has 0 aliphatic carbocycles. The van der Waals surface area contributed by atoms with E-state index >= 15 is 0 Å². The van der Waals surface area contributed by atoms with Gasteiger partial charge < -0.3 is 10.6 Å². The lowest BCUT2D eigenvalue weighted by Crippen LogP contribution is -2.28. The van der Waals surface area contributed by atoms with Gasteiger partial charge >= 0.3 is 0 Å². The number of hydrogen-bond donors (Lipinski definition) is 1. The smallest absolute Gasteiger partial charge is 0.0671 e. The fourth-order valence-corrected chi connectivity index (χ4v) is 1.80. The lowest BCUT2D eigenvalue weighted by Gasteiger charge is -2.24. The Labute approximate surface area is 109 Å². The summed E-state index contributed by atoms with van der Waals surface area (Å²) >= 11 is 0.